The van der Waals surface area contributed by atoms with E-state index in [2.05, 4.69) is 56.4 Å². The molecule has 8 aromatic carbocycles. The van der Waals surface area contributed by atoms with Crippen LogP contribution in [-0.2, 0) is 14.2 Å². The molecule has 0 spiro atoms. The Bertz CT molecular complexity index is 5090. The van der Waals surface area contributed by atoms with Gasteiger partial charge in [0.05, 0.1) is 84.5 Å². The number of methoxy groups -OCH3 is 3. The largest absolute Gasteiger partial charge is 0.478 e. The molecule has 19 nitrogen and oxygen atoms in total. The maximum absolute atomic E-state index is 13.3. The maximum atomic E-state index is 13.3. The van der Waals surface area contributed by atoms with E-state index in [-0.39, 0.29) is 54.5 Å². The third kappa shape index (κ3) is 25.5. The Morgan fingerprint density at radius 2 is 0.759 bits per heavy atom. The Balaban J connectivity index is 0.000000258. The molecule has 33 heteroatoms. The number of aryl methyl sites for hydroxylation is 4. The standard InChI is InChI=1S/C25H22F3N3O2.C18H14F3NO3.C17H12F3NO3.C10H8BrF3O3.C9H7BrO3/c1-14-4-7-22(21(8-14)12-29)18-9-19(23(32)25(26,27)28)11-20(10-18)24(33)31-16(3)17-6-5-15(2)30-13-17;1-10-3-4-15(14(5-10)9-22)11-6-12(16(23)18(19,20)21)8-13(7-11)17(24)25-2;1-9-2-3-14(13(4-9)8-21)10-5-11(15(22)17(18,19)20)7-12(6-10)16(23)24;1-17-9(16)6-2-5(3-7(11)4-6)8(15)10(12,13)14;1-13-9(12)7-2-6(5-11)3-8(10)4-7/h4-11,13,16,23,32H,1-3H3,(H,31,33);3-8,16,23H,1-2H3;2-7,15,22H,1H3,(H,23,24);2-4,8,15H,1H3;2-5H,1H3/t16-,23?;;;;/m1..../s1. The van der Waals surface area contributed by atoms with Gasteiger partial charge in [0.25, 0.3) is 5.91 Å². The van der Waals surface area contributed by atoms with Crippen LogP contribution < -0.4 is 5.32 Å². The van der Waals surface area contributed by atoms with Crippen molar-refractivity contribution in [3.8, 4) is 51.6 Å². The van der Waals surface area contributed by atoms with Crippen molar-refractivity contribution in [1.29, 1.82) is 15.8 Å². The van der Waals surface area contributed by atoms with Crippen LogP contribution in [0, 0.1) is 61.7 Å². The summed E-state index contributed by atoms with van der Waals surface area (Å²) in [7, 11) is 3.51. The zero-order chi connectivity index (χ0) is 84.2. The molecule has 0 aliphatic rings. The average molecular weight is 1690 g/mol. The summed E-state index contributed by atoms with van der Waals surface area (Å²) in [5.41, 5.74) is 4.27. The summed E-state index contributed by atoms with van der Waals surface area (Å²) in [6.45, 7) is 8.86. The fraction of sp³-hybridized carbons (Fsp3) is 0.215. The molecule has 0 saturated heterocycles. The zero-order valence-corrected chi connectivity index (χ0v) is 62.7. The number of ether oxygens (including phenoxy) is 3. The summed E-state index contributed by atoms with van der Waals surface area (Å²) in [6, 6.07) is 41.5. The Morgan fingerprint density at radius 1 is 0.438 bits per heavy atom. The highest BCUT2D eigenvalue weighted by Gasteiger charge is 2.43. The number of hydrogen-bond donors (Lipinski definition) is 6. The molecule has 9 aromatic rings. The number of nitrogens with one attached hydrogen (secondary N) is 1. The average Bonchev–Trinajstić information content (AvgIpc) is 0.803. The Labute approximate surface area is 647 Å². The number of aromatic nitrogens is 1. The topological polar surface area (TPSA) is 328 Å². The van der Waals surface area contributed by atoms with E-state index < -0.39 is 113 Å². The first kappa shape index (κ1) is 91.0. The van der Waals surface area contributed by atoms with Gasteiger partial charge < -0.3 is 45.1 Å². The monoisotopic (exact) mass is 1690 g/mol. The Hall–Kier alpha value is -11.6. The maximum Gasteiger partial charge on any atom is 0.418 e. The number of hydrogen-bond acceptors (Lipinski definition) is 17. The summed E-state index contributed by atoms with van der Waals surface area (Å²) < 4.78 is 168. The van der Waals surface area contributed by atoms with Gasteiger partial charge in [0, 0.05) is 32.0 Å². The molecular weight excluding hydrogens is 1630 g/mol. The summed E-state index contributed by atoms with van der Waals surface area (Å²) in [5, 5.41) is 77.7. The van der Waals surface area contributed by atoms with Crippen molar-refractivity contribution in [3.05, 3.63) is 273 Å². The molecule has 586 valence electrons. The SMILES string of the molecule is COC(=O)c1cc(-c2ccc(C)cc2C#N)cc(C(O)C(F)(F)F)c1.COC(=O)c1cc(Br)cc(C(O)C(F)(F)F)c1.COC(=O)c1cc(Br)cc(C=O)c1.Cc1ccc(-c2cc(C(=O)N[C@H](C)c3ccc(C)nc3)cc(C(O)C(F)(F)F)c2)c(C#N)c1.Cc1ccc(-c2cc(C(=O)O)cc(C(O)C(F)(F)F)c2)c(C#N)c1. The number of alkyl halides is 12. The van der Waals surface area contributed by atoms with E-state index in [1.54, 1.807) is 107 Å². The van der Waals surface area contributed by atoms with Crippen LogP contribution in [0.5, 0.6) is 0 Å². The molecule has 4 unspecified atom stereocenters. The van der Waals surface area contributed by atoms with Crippen LogP contribution in [0.4, 0.5) is 52.7 Å². The van der Waals surface area contributed by atoms with Gasteiger partial charge in [0.15, 0.2) is 24.4 Å². The van der Waals surface area contributed by atoms with Crippen molar-refractivity contribution in [3.63, 3.8) is 0 Å². The number of halogens is 14. The second-order valence-corrected chi connectivity index (χ2v) is 26.0. The number of esters is 3. The minimum atomic E-state index is -4.93. The number of nitriles is 3. The molecule has 1 aromatic heterocycles. The summed E-state index contributed by atoms with van der Waals surface area (Å²) in [5.74, 6) is -4.13. The van der Waals surface area contributed by atoms with Crippen molar-refractivity contribution in [2.45, 2.75) is 89.8 Å². The fourth-order valence-corrected chi connectivity index (χ4v) is 11.2. The number of carboxylic acids is 1. The number of rotatable bonds is 15. The summed E-state index contributed by atoms with van der Waals surface area (Å²) in [4.78, 5) is 72.8. The van der Waals surface area contributed by atoms with E-state index in [1.165, 1.54) is 43.5 Å². The lowest BCUT2D eigenvalue weighted by molar-refractivity contribution is -0.207. The summed E-state index contributed by atoms with van der Waals surface area (Å²) in [6.07, 6.45) is -28.2. The normalized spacial score (nSPS) is 12.4. The fourth-order valence-electron chi connectivity index (χ4n) is 10.2. The lowest BCUT2D eigenvalue weighted by Gasteiger charge is -2.19. The lowest BCUT2D eigenvalue weighted by atomic mass is 9.93. The molecule has 0 fully saturated rings. The highest BCUT2D eigenvalue weighted by atomic mass is 79.9. The number of pyridine rings is 1. The van der Waals surface area contributed by atoms with Gasteiger partial charge in [-0.3, -0.25) is 14.6 Å². The second kappa shape index (κ2) is 39.3. The molecule has 112 heavy (non-hydrogen) atoms. The van der Waals surface area contributed by atoms with Crippen molar-refractivity contribution < 1.29 is 121 Å². The van der Waals surface area contributed by atoms with Gasteiger partial charge in [0.2, 0.25) is 0 Å². The smallest absolute Gasteiger partial charge is 0.418 e. The highest BCUT2D eigenvalue weighted by Crippen LogP contribution is 2.41. The third-order valence-electron chi connectivity index (χ3n) is 15.7. The van der Waals surface area contributed by atoms with Crippen molar-refractivity contribution in [1.82, 2.24) is 10.3 Å². The van der Waals surface area contributed by atoms with Crippen LogP contribution in [0.15, 0.2) is 173 Å². The molecule has 5 atom stereocenters. The number of carbonyl (C=O) groups is 6. The van der Waals surface area contributed by atoms with Gasteiger partial charge in [-0.1, -0.05) is 74.3 Å². The minimum absolute atomic E-state index is 0.0674. The van der Waals surface area contributed by atoms with Gasteiger partial charge in [-0.2, -0.15) is 68.5 Å². The van der Waals surface area contributed by atoms with E-state index in [0.29, 0.717) is 38.6 Å². The minimum Gasteiger partial charge on any atom is -0.478 e. The Kier molecular flexibility index (Phi) is 31.9. The van der Waals surface area contributed by atoms with Crippen LogP contribution in [0.1, 0.15) is 166 Å². The van der Waals surface area contributed by atoms with Crippen LogP contribution in [0.3, 0.4) is 0 Å². The van der Waals surface area contributed by atoms with Gasteiger partial charge in [-0.15, -0.1) is 0 Å². The van der Waals surface area contributed by atoms with E-state index in [1.807, 2.05) is 25.1 Å². The highest BCUT2D eigenvalue weighted by molar-refractivity contribution is 9.10. The predicted molar refractivity (Wildman–Crippen MR) is 388 cm³/mol. The van der Waals surface area contributed by atoms with Crippen LogP contribution in [-0.4, -0.2) is 113 Å². The molecule has 9 rings (SSSR count). The lowest BCUT2D eigenvalue weighted by Crippen LogP contribution is -2.27. The molecular formula is C79H63Br2F12N5O14. The van der Waals surface area contributed by atoms with E-state index in [4.69, 9.17) is 10.2 Å². The number of aliphatic hydroxyl groups is 4. The molecule has 0 aliphatic carbocycles. The van der Waals surface area contributed by atoms with E-state index in [0.717, 1.165) is 90.7 Å². The summed E-state index contributed by atoms with van der Waals surface area (Å²) >= 11 is 6.14. The predicted octanol–water partition coefficient (Wildman–Crippen LogP) is 17.9. The van der Waals surface area contributed by atoms with Crippen LogP contribution in [0.25, 0.3) is 33.4 Å². The van der Waals surface area contributed by atoms with Crippen molar-refractivity contribution in [2.24, 2.45) is 0 Å². The first-order chi connectivity index (χ1) is 52.2. The molecule has 1 heterocycles. The third-order valence-corrected chi connectivity index (χ3v) is 16.6. The van der Waals surface area contributed by atoms with Gasteiger partial charge in [-0.05, 0) is 228 Å². The van der Waals surface area contributed by atoms with E-state index in [9.17, 15) is 113 Å². The van der Waals surface area contributed by atoms with Gasteiger partial charge in [-0.25, -0.2) is 19.2 Å². The molecule has 0 aliphatic heterocycles. The number of carbonyl (C=O) groups excluding carboxylic acids is 5. The Morgan fingerprint density at radius 3 is 1.09 bits per heavy atom. The first-order valence-electron chi connectivity index (χ1n) is 32.0. The molecule has 0 saturated carbocycles. The molecule has 0 bridgehead atoms. The molecule has 0 radical (unpaired) electrons. The van der Waals surface area contributed by atoms with E-state index >= 15 is 0 Å². The van der Waals surface area contributed by atoms with Gasteiger partial charge in [0.1, 0.15) is 6.29 Å². The molecule has 1 amide bonds. The number of aldehydes is 1. The van der Waals surface area contributed by atoms with Crippen LogP contribution in [0.2, 0.25) is 0 Å². The number of nitrogens with zero attached hydrogens (tertiary/aromatic N) is 4. The quantitative estimate of drug-likeness (QED) is 0.0240. The van der Waals surface area contributed by atoms with Gasteiger partial charge >= 0.3 is 48.6 Å². The van der Waals surface area contributed by atoms with Crippen LogP contribution >= 0.6 is 31.9 Å². The van der Waals surface area contributed by atoms with Crippen molar-refractivity contribution in [2.75, 3.05) is 21.3 Å². The second-order valence-electron chi connectivity index (χ2n) is 24.2. The first-order valence-corrected chi connectivity index (χ1v) is 33.6. The number of amides is 1. The number of carboxylic acid groups (broad SMARTS) is 1. The number of aliphatic hydroxyl groups excluding tert-OH is 4. The number of aromatic carboxylic acids is 1. The number of benzene rings is 8. The molecule has 6 N–H and O–H groups in total. The van der Waals surface area contributed by atoms with Crippen molar-refractivity contribution >= 4 is 67.9 Å². The zero-order valence-electron chi connectivity index (χ0n) is 59.5.